The summed E-state index contributed by atoms with van der Waals surface area (Å²) in [5.41, 5.74) is 3.02. The highest BCUT2D eigenvalue weighted by Gasteiger charge is 2.17. The van der Waals surface area contributed by atoms with Crippen LogP contribution < -0.4 is 14.8 Å². The third-order valence-corrected chi connectivity index (χ3v) is 6.30. The molecular formula is C23H23ClN2O4S. The Kier molecular flexibility index (Phi) is 6.87. The molecule has 31 heavy (non-hydrogen) atoms. The van der Waals surface area contributed by atoms with E-state index in [1.807, 2.05) is 19.9 Å². The van der Waals surface area contributed by atoms with Gasteiger partial charge in [0.25, 0.3) is 15.9 Å². The van der Waals surface area contributed by atoms with Gasteiger partial charge in [-0.3, -0.25) is 9.52 Å². The molecule has 3 aromatic rings. The monoisotopic (exact) mass is 458 g/mol. The molecule has 162 valence electrons. The first kappa shape index (κ1) is 22.7. The molecule has 1 amide bonds. The van der Waals surface area contributed by atoms with Gasteiger partial charge in [-0.15, -0.1) is 0 Å². The van der Waals surface area contributed by atoms with Crippen LogP contribution in [0.1, 0.15) is 18.1 Å². The Hall–Kier alpha value is -3.03. The van der Waals surface area contributed by atoms with E-state index in [1.54, 1.807) is 43.3 Å². The molecule has 6 nitrogen and oxygen atoms in total. The zero-order valence-electron chi connectivity index (χ0n) is 17.3. The van der Waals surface area contributed by atoms with E-state index in [2.05, 4.69) is 10.0 Å². The van der Waals surface area contributed by atoms with Crippen LogP contribution in [0, 0.1) is 13.8 Å². The van der Waals surface area contributed by atoms with Crippen LogP contribution >= 0.6 is 11.6 Å². The largest absolute Gasteiger partial charge is 0.481 e. The summed E-state index contributed by atoms with van der Waals surface area (Å²) in [6.45, 7) is 5.49. The third kappa shape index (κ3) is 5.99. The fraction of sp³-hybridized carbons (Fsp3) is 0.174. The molecule has 8 heteroatoms. The van der Waals surface area contributed by atoms with Crippen molar-refractivity contribution in [2.24, 2.45) is 0 Å². The Labute approximate surface area is 187 Å². The molecule has 1 atom stereocenters. The van der Waals surface area contributed by atoms with Crippen molar-refractivity contribution in [3.63, 3.8) is 0 Å². The molecule has 0 aliphatic carbocycles. The standard InChI is InChI=1S/C23H23ClN2O4S/c1-15-7-8-20(13-16(15)2)26-31(28,29)22-11-9-19(10-12-22)25-23(27)17(3)30-21-6-4-5-18(24)14-21/h4-14,17,26H,1-3H3,(H,25,27)/t17-/m1/s1. The molecule has 0 aromatic heterocycles. The first-order valence-electron chi connectivity index (χ1n) is 9.57. The predicted octanol–water partition coefficient (Wildman–Crippen LogP) is 5.16. The average molecular weight is 459 g/mol. The number of benzene rings is 3. The van der Waals surface area contributed by atoms with Gasteiger partial charge in [-0.05, 0) is 86.5 Å². The molecule has 0 bridgehead atoms. The van der Waals surface area contributed by atoms with Gasteiger partial charge in [0.15, 0.2) is 6.10 Å². The van der Waals surface area contributed by atoms with E-state index in [0.29, 0.717) is 22.1 Å². The van der Waals surface area contributed by atoms with E-state index in [9.17, 15) is 13.2 Å². The SMILES string of the molecule is Cc1ccc(NS(=O)(=O)c2ccc(NC(=O)[C@@H](C)Oc3cccc(Cl)c3)cc2)cc1C. The molecule has 3 rings (SSSR count). The summed E-state index contributed by atoms with van der Waals surface area (Å²) < 4.78 is 33.4. The molecule has 0 radical (unpaired) electrons. The Balaban J connectivity index is 1.64. The highest BCUT2D eigenvalue weighted by atomic mass is 35.5. The average Bonchev–Trinajstić information content (AvgIpc) is 2.71. The quantitative estimate of drug-likeness (QED) is 0.512. The number of ether oxygens (including phenoxy) is 1. The maximum Gasteiger partial charge on any atom is 0.265 e. The van der Waals surface area contributed by atoms with Crippen LogP contribution in [0.3, 0.4) is 0 Å². The fourth-order valence-corrected chi connectivity index (χ4v) is 4.01. The highest BCUT2D eigenvalue weighted by molar-refractivity contribution is 7.92. The summed E-state index contributed by atoms with van der Waals surface area (Å²) in [7, 11) is -3.75. The maximum atomic E-state index is 12.6. The molecule has 0 saturated carbocycles. The molecule has 0 aliphatic rings. The number of hydrogen-bond donors (Lipinski definition) is 2. The predicted molar refractivity (Wildman–Crippen MR) is 123 cm³/mol. The molecule has 0 aliphatic heterocycles. The number of rotatable bonds is 7. The minimum Gasteiger partial charge on any atom is -0.481 e. The highest BCUT2D eigenvalue weighted by Crippen LogP contribution is 2.21. The summed E-state index contributed by atoms with van der Waals surface area (Å²) >= 11 is 5.92. The van der Waals surface area contributed by atoms with E-state index < -0.39 is 16.1 Å². The smallest absolute Gasteiger partial charge is 0.265 e. The summed E-state index contributed by atoms with van der Waals surface area (Å²) in [4.78, 5) is 12.5. The Bertz CT molecular complexity index is 1190. The lowest BCUT2D eigenvalue weighted by Crippen LogP contribution is -2.30. The van der Waals surface area contributed by atoms with Crippen molar-refractivity contribution in [3.8, 4) is 5.75 Å². The number of aryl methyl sites for hydroxylation is 2. The number of carbonyl (C=O) groups is 1. The number of sulfonamides is 1. The minimum absolute atomic E-state index is 0.0898. The van der Waals surface area contributed by atoms with E-state index in [0.717, 1.165) is 11.1 Å². The normalized spacial score (nSPS) is 12.1. The van der Waals surface area contributed by atoms with Gasteiger partial charge in [0.05, 0.1) is 4.90 Å². The first-order chi connectivity index (χ1) is 14.6. The van der Waals surface area contributed by atoms with Gasteiger partial charge in [0.1, 0.15) is 5.75 Å². The number of carbonyl (C=O) groups excluding carboxylic acids is 1. The molecule has 3 aromatic carbocycles. The molecule has 0 heterocycles. The number of amides is 1. The lowest BCUT2D eigenvalue weighted by Gasteiger charge is -2.15. The molecular weight excluding hydrogens is 436 g/mol. The van der Waals surface area contributed by atoms with Crippen molar-refractivity contribution in [1.29, 1.82) is 0 Å². The number of halogens is 1. The minimum atomic E-state index is -3.75. The summed E-state index contributed by atoms with van der Waals surface area (Å²) in [5, 5.41) is 3.22. The van der Waals surface area contributed by atoms with Crippen molar-refractivity contribution in [2.75, 3.05) is 10.0 Å². The Morgan fingerprint density at radius 3 is 2.26 bits per heavy atom. The topological polar surface area (TPSA) is 84.5 Å². The van der Waals surface area contributed by atoms with Gasteiger partial charge in [-0.2, -0.15) is 0 Å². The molecule has 0 unspecified atom stereocenters. The summed E-state index contributed by atoms with van der Waals surface area (Å²) in [6.07, 6.45) is -0.770. The van der Waals surface area contributed by atoms with Crippen LogP contribution in [-0.2, 0) is 14.8 Å². The molecule has 0 fully saturated rings. The Morgan fingerprint density at radius 2 is 1.61 bits per heavy atom. The second kappa shape index (κ2) is 9.41. The maximum absolute atomic E-state index is 12.6. The number of anilines is 2. The molecule has 0 saturated heterocycles. The van der Waals surface area contributed by atoms with Gasteiger partial charge in [-0.25, -0.2) is 8.42 Å². The van der Waals surface area contributed by atoms with E-state index in [4.69, 9.17) is 16.3 Å². The number of hydrogen-bond acceptors (Lipinski definition) is 4. The van der Waals surface area contributed by atoms with Crippen LogP contribution in [0.25, 0.3) is 0 Å². The van der Waals surface area contributed by atoms with Gasteiger partial charge < -0.3 is 10.1 Å². The van der Waals surface area contributed by atoms with Crippen molar-refractivity contribution >= 4 is 38.9 Å². The van der Waals surface area contributed by atoms with Crippen LogP contribution in [0.2, 0.25) is 5.02 Å². The zero-order chi connectivity index (χ0) is 22.6. The van der Waals surface area contributed by atoms with E-state index >= 15 is 0 Å². The van der Waals surface area contributed by atoms with Crippen molar-refractivity contribution in [2.45, 2.75) is 31.8 Å². The van der Waals surface area contributed by atoms with Crippen molar-refractivity contribution in [3.05, 3.63) is 82.9 Å². The van der Waals surface area contributed by atoms with Crippen LogP contribution in [-0.4, -0.2) is 20.4 Å². The first-order valence-corrected chi connectivity index (χ1v) is 11.4. The summed E-state index contributed by atoms with van der Waals surface area (Å²) in [5.74, 6) is 0.109. The van der Waals surface area contributed by atoms with Gasteiger partial charge in [0, 0.05) is 16.4 Å². The Morgan fingerprint density at radius 1 is 0.935 bits per heavy atom. The van der Waals surface area contributed by atoms with E-state index in [-0.39, 0.29) is 10.8 Å². The molecule has 2 N–H and O–H groups in total. The van der Waals surface area contributed by atoms with Gasteiger partial charge >= 0.3 is 0 Å². The van der Waals surface area contributed by atoms with Crippen LogP contribution in [0.4, 0.5) is 11.4 Å². The molecule has 0 spiro atoms. The second-order valence-corrected chi connectivity index (χ2v) is 9.25. The zero-order valence-corrected chi connectivity index (χ0v) is 18.9. The van der Waals surface area contributed by atoms with Crippen molar-refractivity contribution < 1.29 is 17.9 Å². The third-order valence-electron chi connectivity index (χ3n) is 4.67. The van der Waals surface area contributed by atoms with E-state index in [1.165, 1.54) is 24.3 Å². The lowest BCUT2D eigenvalue weighted by molar-refractivity contribution is -0.122. The van der Waals surface area contributed by atoms with Crippen LogP contribution in [0.5, 0.6) is 5.75 Å². The lowest BCUT2D eigenvalue weighted by atomic mass is 10.1. The van der Waals surface area contributed by atoms with Crippen LogP contribution in [0.15, 0.2) is 71.6 Å². The second-order valence-electron chi connectivity index (χ2n) is 7.14. The van der Waals surface area contributed by atoms with Crippen molar-refractivity contribution in [1.82, 2.24) is 0 Å². The fourth-order valence-electron chi connectivity index (χ4n) is 2.78. The summed E-state index contributed by atoms with van der Waals surface area (Å²) in [6, 6.07) is 18.0. The van der Waals surface area contributed by atoms with Gasteiger partial charge in [0.2, 0.25) is 0 Å². The van der Waals surface area contributed by atoms with Gasteiger partial charge in [-0.1, -0.05) is 23.7 Å². The number of nitrogens with one attached hydrogen (secondary N) is 2.